The van der Waals surface area contributed by atoms with Gasteiger partial charge in [-0.05, 0) is 17.4 Å². The smallest absolute Gasteiger partial charge is 0.341 e. The molecule has 1 heterocycles. The summed E-state index contributed by atoms with van der Waals surface area (Å²) in [5, 5.41) is 20.6. The standard InChI is InChI=1S/C9H12O3S/c1-6(2)9(12,8(10)11)7-4-3-5-13-7/h3-6,12H,1-2H3,(H,10,11). The Labute approximate surface area is 80.6 Å². The van der Waals surface area contributed by atoms with E-state index in [0.717, 1.165) is 0 Å². The molecule has 3 nitrogen and oxygen atoms in total. The molecule has 0 aliphatic carbocycles. The predicted molar refractivity (Wildman–Crippen MR) is 50.7 cm³/mol. The number of carbonyl (C=O) groups is 1. The average molecular weight is 200 g/mol. The van der Waals surface area contributed by atoms with E-state index >= 15 is 0 Å². The largest absolute Gasteiger partial charge is 0.479 e. The summed E-state index contributed by atoms with van der Waals surface area (Å²) in [4.78, 5) is 11.4. The van der Waals surface area contributed by atoms with E-state index in [-0.39, 0.29) is 5.92 Å². The number of aliphatic carboxylic acids is 1. The van der Waals surface area contributed by atoms with Crippen molar-refractivity contribution in [1.82, 2.24) is 0 Å². The zero-order valence-electron chi connectivity index (χ0n) is 7.52. The lowest BCUT2D eigenvalue weighted by atomic mass is 9.89. The second-order valence-corrected chi connectivity index (χ2v) is 4.15. The number of carboxylic acids is 1. The van der Waals surface area contributed by atoms with Crippen LogP contribution in [0.5, 0.6) is 0 Å². The molecule has 0 aliphatic rings. The van der Waals surface area contributed by atoms with E-state index in [1.165, 1.54) is 11.3 Å². The molecule has 0 aliphatic heterocycles. The zero-order valence-corrected chi connectivity index (χ0v) is 8.34. The van der Waals surface area contributed by atoms with Gasteiger partial charge in [-0.1, -0.05) is 19.9 Å². The van der Waals surface area contributed by atoms with Crippen LogP contribution in [0.1, 0.15) is 18.7 Å². The first-order chi connectivity index (χ1) is 5.99. The molecule has 0 spiro atoms. The first-order valence-corrected chi connectivity index (χ1v) is 4.87. The van der Waals surface area contributed by atoms with Crippen LogP contribution in [0.3, 0.4) is 0 Å². The topological polar surface area (TPSA) is 57.5 Å². The van der Waals surface area contributed by atoms with E-state index < -0.39 is 11.6 Å². The fraction of sp³-hybridized carbons (Fsp3) is 0.444. The van der Waals surface area contributed by atoms with Crippen LogP contribution in [-0.4, -0.2) is 16.2 Å². The SMILES string of the molecule is CC(C)C(O)(C(=O)O)c1cccs1. The second-order valence-electron chi connectivity index (χ2n) is 3.20. The van der Waals surface area contributed by atoms with Gasteiger partial charge >= 0.3 is 5.97 Å². The van der Waals surface area contributed by atoms with Crippen molar-refractivity contribution in [3.8, 4) is 0 Å². The molecule has 0 saturated carbocycles. The van der Waals surface area contributed by atoms with Crippen molar-refractivity contribution in [3.05, 3.63) is 22.4 Å². The second kappa shape index (κ2) is 3.47. The minimum absolute atomic E-state index is 0.344. The highest BCUT2D eigenvalue weighted by Gasteiger charge is 2.42. The Bertz CT molecular complexity index is 292. The summed E-state index contributed by atoms with van der Waals surface area (Å²) in [6.07, 6.45) is 0. The minimum Gasteiger partial charge on any atom is -0.479 e. The summed E-state index contributed by atoms with van der Waals surface area (Å²) in [5.74, 6) is -1.53. The van der Waals surface area contributed by atoms with Gasteiger partial charge in [0.05, 0.1) is 0 Å². The summed E-state index contributed by atoms with van der Waals surface area (Å²) in [7, 11) is 0. The van der Waals surface area contributed by atoms with Gasteiger partial charge in [-0.25, -0.2) is 4.79 Å². The third-order valence-corrected chi connectivity index (χ3v) is 3.05. The van der Waals surface area contributed by atoms with Crippen molar-refractivity contribution in [3.63, 3.8) is 0 Å². The summed E-state index contributed by atoms with van der Waals surface area (Å²) < 4.78 is 0. The predicted octanol–water partition coefficient (Wildman–Crippen LogP) is 1.68. The van der Waals surface area contributed by atoms with E-state index in [0.29, 0.717) is 4.88 Å². The molecule has 0 fully saturated rings. The molecule has 1 atom stereocenters. The van der Waals surface area contributed by atoms with Gasteiger partial charge in [0.15, 0.2) is 5.60 Å². The number of hydrogen-bond donors (Lipinski definition) is 2. The Hall–Kier alpha value is -0.870. The molecule has 0 radical (unpaired) electrons. The number of thiophene rings is 1. The van der Waals surface area contributed by atoms with E-state index in [2.05, 4.69) is 0 Å². The maximum Gasteiger partial charge on any atom is 0.341 e. The van der Waals surface area contributed by atoms with Crippen molar-refractivity contribution in [2.45, 2.75) is 19.4 Å². The molecular formula is C9H12O3S. The fourth-order valence-electron chi connectivity index (χ4n) is 1.13. The fourth-order valence-corrected chi connectivity index (χ4v) is 2.10. The summed E-state index contributed by atoms with van der Waals surface area (Å²) in [6.45, 7) is 3.38. The van der Waals surface area contributed by atoms with Gasteiger partial charge in [-0.3, -0.25) is 0 Å². The monoisotopic (exact) mass is 200 g/mol. The normalized spacial score (nSPS) is 15.7. The molecule has 0 bridgehead atoms. The zero-order chi connectivity index (χ0) is 10.1. The van der Waals surface area contributed by atoms with Crippen molar-refractivity contribution >= 4 is 17.3 Å². The Kier molecular flexibility index (Phi) is 2.73. The van der Waals surface area contributed by atoms with Crippen molar-refractivity contribution < 1.29 is 15.0 Å². The maximum absolute atomic E-state index is 10.9. The lowest BCUT2D eigenvalue weighted by Crippen LogP contribution is -2.39. The first-order valence-electron chi connectivity index (χ1n) is 3.99. The van der Waals surface area contributed by atoms with Gasteiger partial charge < -0.3 is 10.2 Å². The van der Waals surface area contributed by atoms with Crippen LogP contribution in [0.15, 0.2) is 17.5 Å². The molecule has 1 aromatic rings. The summed E-state index contributed by atoms with van der Waals surface area (Å²) >= 11 is 1.26. The highest BCUT2D eigenvalue weighted by molar-refractivity contribution is 7.10. The minimum atomic E-state index is -1.74. The van der Waals surface area contributed by atoms with Gasteiger partial charge in [-0.2, -0.15) is 0 Å². The third kappa shape index (κ3) is 1.59. The van der Waals surface area contributed by atoms with Gasteiger partial charge in [0, 0.05) is 4.88 Å². The molecule has 0 amide bonds. The van der Waals surface area contributed by atoms with Crippen LogP contribution in [0.2, 0.25) is 0 Å². The average Bonchev–Trinajstić information content (AvgIpc) is 2.54. The number of hydrogen-bond acceptors (Lipinski definition) is 3. The summed E-state index contributed by atoms with van der Waals surface area (Å²) in [6, 6.07) is 3.37. The van der Waals surface area contributed by atoms with Crippen LogP contribution in [0, 0.1) is 5.92 Å². The van der Waals surface area contributed by atoms with Crippen LogP contribution in [0.4, 0.5) is 0 Å². The van der Waals surface area contributed by atoms with Gasteiger partial charge in [-0.15, -0.1) is 11.3 Å². The Morgan fingerprint density at radius 3 is 2.54 bits per heavy atom. The molecule has 1 unspecified atom stereocenters. The third-order valence-electron chi connectivity index (χ3n) is 2.06. The van der Waals surface area contributed by atoms with Gasteiger partial charge in [0.1, 0.15) is 0 Å². The van der Waals surface area contributed by atoms with E-state index in [1.807, 2.05) is 0 Å². The molecule has 4 heteroatoms. The highest BCUT2D eigenvalue weighted by Crippen LogP contribution is 2.32. The molecule has 72 valence electrons. The molecule has 1 rings (SSSR count). The van der Waals surface area contributed by atoms with Crippen LogP contribution in [-0.2, 0) is 10.4 Å². The van der Waals surface area contributed by atoms with Crippen molar-refractivity contribution in [2.24, 2.45) is 5.92 Å². The molecule has 13 heavy (non-hydrogen) atoms. The maximum atomic E-state index is 10.9. The number of carboxylic acid groups (broad SMARTS) is 1. The molecule has 1 aromatic heterocycles. The number of aliphatic hydroxyl groups is 1. The molecule has 0 saturated heterocycles. The van der Waals surface area contributed by atoms with Crippen LogP contribution < -0.4 is 0 Å². The lowest BCUT2D eigenvalue weighted by molar-refractivity contribution is -0.164. The van der Waals surface area contributed by atoms with Crippen LogP contribution in [0.25, 0.3) is 0 Å². The quantitative estimate of drug-likeness (QED) is 0.780. The van der Waals surface area contributed by atoms with Crippen molar-refractivity contribution in [2.75, 3.05) is 0 Å². The van der Waals surface area contributed by atoms with E-state index in [1.54, 1.807) is 31.4 Å². The number of rotatable bonds is 3. The lowest BCUT2D eigenvalue weighted by Gasteiger charge is -2.25. The molecular weight excluding hydrogens is 188 g/mol. The Morgan fingerprint density at radius 1 is 1.62 bits per heavy atom. The Balaban J connectivity index is 3.13. The van der Waals surface area contributed by atoms with Crippen molar-refractivity contribution in [1.29, 1.82) is 0 Å². The van der Waals surface area contributed by atoms with Gasteiger partial charge in [0.25, 0.3) is 0 Å². The molecule has 0 aromatic carbocycles. The van der Waals surface area contributed by atoms with E-state index in [4.69, 9.17) is 5.11 Å². The first kappa shape index (κ1) is 10.2. The summed E-state index contributed by atoms with van der Waals surface area (Å²) in [5.41, 5.74) is -1.74. The molecule has 2 N–H and O–H groups in total. The Morgan fingerprint density at radius 2 is 2.23 bits per heavy atom. The van der Waals surface area contributed by atoms with Gasteiger partial charge in [0.2, 0.25) is 0 Å². The highest BCUT2D eigenvalue weighted by atomic mass is 32.1. The van der Waals surface area contributed by atoms with E-state index in [9.17, 15) is 9.90 Å². The van der Waals surface area contributed by atoms with Crippen LogP contribution >= 0.6 is 11.3 Å².